The molecule has 4 heteroatoms. The van der Waals surface area contributed by atoms with Crippen LogP contribution < -0.4 is 5.32 Å². The summed E-state index contributed by atoms with van der Waals surface area (Å²) in [4.78, 5) is 11.2. The van der Waals surface area contributed by atoms with Crippen LogP contribution in [0.4, 0.5) is 5.95 Å². The van der Waals surface area contributed by atoms with Crippen LogP contribution in [-0.4, -0.2) is 34.5 Å². The van der Waals surface area contributed by atoms with E-state index >= 15 is 0 Å². The largest absolute Gasteiger partial charge is 0.354 e. The fourth-order valence-corrected chi connectivity index (χ4v) is 2.45. The molecule has 1 N–H and O–H groups in total. The third-order valence-electron chi connectivity index (χ3n) is 3.85. The Labute approximate surface area is 133 Å². The molecule has 0 aliphatic heterocycles. The summed E-state index contributed by atoms with van der Waals surface area (Å²) in [6.45, 7) is 8.10. The van der Waals surface area contributed by atoms with Gasteiger partial charge in [-0.1, -0.05) is 30.3 Å². The molecule has 0 radical (unpaired) electrons. The molecule has 1 heterocycles. The SMILES string of the molecule is Cc1cc(C)nc(NCCC(C)N(C)Cc2ccccc2)n1. The van der Waals surface area contributed by atoms with Gasteiger partial charge in [-0.2, -0.15) is 0 Å². The van der Waals surface area contributed by atoms with Crippen LogP contribution in [0.3, 0.4) is 0 Å². The zero-order chi connectivity index (χ0) is 15.9. The summed E-state index contributed by atoms with van der Waals surface area (Å²) >= 11 is 0. The van der Waals surface area contributed by atoms with Gasteiger partial charge in [0.15, 0.2) is 0 Å². The molecule has 2 aromatic rings. The molecule has 0 saturated heterocycles. The summed E-state index contributed by atoms with van der Waals surface area (Å²) in [6, 6.07) is 13.1. The minimum absolute atomic E-state index is 0.499. The Hall–Kier alpha value is -1.94. The summed E-state index contributed by atoms with van der Waals surface area (Å²) in [5.41, 5.74) is 3.36. The molecule has 2 rings (SSSR count). The monoisotopic (exact) mass is 298 g/mol. The molecule has 0 aliphatic rings. The number of rotatable bonds is 7. The van der Waals surface area contributed by atoms with Crippen molar-refractivity contribution in [2.75, 3.05) is 18.9 Å². The number of benzene rings is 1. The molecule has 118 valence electrons. The van der Waals surface area contributed by atoms with Crippen molar-refractivity contribution in [2.45, 2.75) is 39.8 Å². The van der Waals surface area contributed by atoms with Gasteiger partial charge < -0.3 is 5.32 Å². The van der Waals surface area contributed by atoms with Crippen LogP contribution >= 0.6 is 0 Å². The van der Waals surface area contributed by atoms with Gasteiger partial charge in [0.1, 0.15) is 0 Å². The van der Waals surface area contributed by atoms with Crippen molar-refractivity contribution < 1.29 is 0 Å². The minimum Gasteiger partial charge on any atom is -0.354 e. The fourth-order valence-electron chi connectivity index (χ4n) is 2.45. The molecule has 1 aromatic carbocycles. The highest BCUT2D eigenvalue weighted by Gasteiger charge is 2.09. The number of hydrogen-bond donors (Lipinski definition) is 1. The molecule has 0 spiro atoms. The Bertz CT molecular complexity index is 563. The van der Waals surface area contributed by atoms with Gasteiger partial charge in [0.2, 0.25) is 5.95 Å². The van der Waals surface area contributed by atoms with Gasteiger partial charge in [0, 0.05) is 30.5 Å². The first-order chi connectivity index (χ1) is 10.5. The zero-order valence-corrected chi connectivity index (χ0v) is 14.0. The van der Waals surface area contributed by atoms with Crippen LogP contribution in [0.15, 0.2) is 36.4 Å². The molecule has 0 amide bonds. The normalized spacial score (nSPS) is 12.4. The number of nitrogens with one attached hydrogen (secondary N) is 1. The molecule has 22 heavy (non-hydrogen) atoms. The lowest BCUT2D eigenvalue weighted by Gasteiger charge is -2.25. The van der Waals surface area contributed by atoms with Crippen molar-refractivity contribution in [2.24, 2.45) is 0 Å². The molecule has 0 saturated carbocycles. The van der Waals surface area contributed by atoms with E-state index < -0.39 is 0 Å². The average Bonchev–Trinajstić information content (AvgIpc) is 2.47. The Balaban J connectivity index is 1.78. The first-order valence-electron chi connectivity index (χ1n) is 7.85. The van der Waals surface area contributed by atoms with Crippen LogP contribution in [-0.2, 0) is 6.54 Å². The number of aromatic nitrogens is 2. The van der Waals surface area contributed by atoms with E-state index in [1.54, 1.807) is 0 Å². The molecule has 1 atom stereocenters. The molecule has 0 aliphatic carbocycles. The molecule has 4 nitrogen and oxygen atoms in total. The summed E-state index contributed by atoms with van der Waals surface area (Å²) in [5.74, 6) is 0.732. The molecule has 1 aromatic heterocycles. The summed E-state index contributed by atoms with van der Waals surface area (Å²) < 4.78 is 0. The first kappa shape index (κ1) is 16.4. The van der Waals surface area contributed by atoms with E-state index in [1.807, 2.05) is 19.9 Å². The van der Waals surface area contributed by atoms with Crippen LogP contribution in [0.2, 0.25) is 0 Å². The van der Waals surface area contributed by atoms with E-state index in [0.29, 0.717) is 6.04 Å². The maximum atomic E-state index is 4.41. The maximum absolute atomic E-state index is 4.41. The first-order valence-corrected chi connectivity index (χ1v) is 7.85. The van der Waals surface area contributed by atoms with E-state index in [9.17, 15) is 0 Å². The summed E-state index contributed by atoms with van der Waals surface area (Å²) in [6.07, 6.45) is 1.06. The summed E-state index contributed by atoms with van der Waals surface area (Å²) in [5, 5.41) is 3.33. The van der Waals surface area contributed by atoms with Crippen LogP contribution in [0.25, 0.3) is 0 Å². The third-order valence-corrected chi connectivity index (χ3v) is 3.85. The van der Waals surface area contributed by atoms with Crippen molar-refractivity contribution in [3.63, 3.8) is 0 Å². The molecule has 0 fully saturated rings. The average molecular weight is 298 g/mol. The highest BCUT2D eigenvalue weighted by Crippen LogP contribution is 2.09. The van der Waals surface area contributed by atoms with Crippen molar-refractivity contribution in [3.8, 4) is 0 Å². The second-order valence-corrected chi connectivity index (χ2v) is 5.94. The van der Waals surface area contributed by atoms with E-state index in [-0.39, 0.29) is 0 Å². The highest BCUT2D eigenvalue weighted by molar-refractivity contribution is 5.27. The van der Waals surface area contributed by atoms with Crippen molar-refractivity contribution in [1.29, 1.82) is 0 Å². The van der Waals surface area contributed by atoms with Gasteiger partial charge >= 0.3 is 0 Å². The summed E-state index contributed by atoms with van der Waals surface area (Å²) in [7, 11) is 2.17. The number of hydrogen-bond acceptors (Lipinski definition) is 4. The van der Waals surface area contributed by atoms with Crippen molar-refractivity contribution >= 4 is 5.95 Å². The van der Waals surface area contributed by atoms with E-state index in [2.05, 4.69) is 64.5 Å². The van der Waals surface area contributed by atoms with E-state index in [0.717, 1.165) is 36.8 Å². The zero-order valence-electron chi connectivity index (χ0n) is 14.0. The van der Waals surface area contributed by atoms with Crippen LogP contribution in [0.5, 0.6) is 0 Å². The van der Waals surface area contributed by atoms with Gasteiger partial charge in [0.25, 0.3) is 0 Å². The predicted molar refractivity (Wildman–Crippen MR) is 92.0 cm³/mol. The molecule has 1 unspecified atom stereocenters. The Kier molecular flexibility index (Phi) is 5.90. The highest BCUT2D eigenvalue weighted by atomic mass is 15.1. The fraction of sp³-hybridized carbons (Fsp3) is 0.444. The number of nitrogens with zero attached hydrogens (tertiary/aromatic N) is 3. The maximum Gasteiger partial charge on any atom is 0.223 e. The predicted octanol–water partition coefficient (Wildman–Crippen LogP) is 3.42. The lowest BCUT2D eigenvalue weighted by atomic mass is 10.1. The smallest absolute Gasteiger partial charge is 0.223 e. The second-order valence-electron chi connectivity index (χ2n) is 5.94. The molecule has 0 bridgehead atoms. The van der Waals surface area contributed by atoms with E-state index in [4.69, 9.17) is 0 Å². The number of aryl methyl sites for hydroxylation is 2. The van der Waals surface area contributed by atoms with Crippen LogP contribution in [0.1, 0.15) is 30.3 Å². The number of anilines is 1. The Morgan fingerprint density at radius 2 is 1.73 bits per heavy atom. The molecular formula is C18H26N4. The topological polar surface area (TPSA) is 41.1 Å². The van der Waals surface area contributed by atoms with Gasteiger partial charge in [-0.05, 0) is 45.9 Å². The van der Waals surface area contributed by atoms with Crippen molar-refractivity contribution in [1.82, 2.24) is 14.9 Å². The lowest BCUT2D eigenvalue weighted by molar-refractivity contribution is 0.241. The minimum atomic E-state index is 0.499. The Morgan fingerprint density at radius 3 is 2.36 bits per heavy atom. The third kappa shape index (κ3) is 5.11. The quantitative estimate of drug-likeness (QED) is 0.850. The van der Waals surface area contributed by atoms with Gasteiger partial charge in [0.05, 0.1) is 0 Å². The Morgan fingerprint density at radius 1 is 1.09 bits per heavy atom. The molecular weight excluding hydrogens is 272 g/mol. The second kappa shape index (κ2) is 7.90. The van der Waals surface area contributed by atoms with Crippen LogP contribution in [0, 0.1) is 13.8 Å². The van der Waals surface area contributed by atoms with Crippen molar-refractivity contribution in [3.05, 3.63) is 53.3 Å². The lowest BCUT2D eigenvalue weighted by Crippen LogP contribution is -2.30. The van der Waals surface area contributed by atoms with Gasteiger partial charge in [-0.15, -0.1) is 0 Å². The van der Waals surface area contributed by atoms with Gasteiger partial charge in [-0.25, -0.2) is 9.97 Å². The standard InChI is InChI=1S/C18H26N4/c1-14-12-15(2)21-18(20-14)19-11-10-16(3)22(4)13-17-8-6-5-7-9-17/h5-9,12,16H,10-11,13H2,1-4H3,(H,19,20,21). The van der Waals surface area contributed by atoms with E-state index in [1.165, 1.54) is 5.56 Å². The van der Waals surface area contributed by atoms with Gasteiger partial charge in [-0.3, -0.25) is 4.90 Å².